The van der Waals surface area contributed by atoms with Crippen molar-refractivity contribution in [1.82, 2.24) is 15.1 Å². The minimum Gasteiger partial charge on any atom is -0.496 e. The minimum atomic E-state index is -3.05. The normalized spacial score (nSPS) is 19.0. The van der Waals surface area contributed by atoms with E-state index in [0.717, 1.165) is 5.56 Å². The number of para-hydroxylation sites is 1. The van der Waals surface area contributed by atoms with E-state index in [9.17, 15) is 13.2 Å². The average Bonchev–Trinajstić information content (AvgIpc) is 2.92. The Bertz CT molecular complexity index is 691. The van der Waals surface area contributed by atoms with Gasteiger partial charge < -0.3 is 19.9 Å². The lowest BCUT2D eigenvalue weighted by Gasteiger charge is -2.29. The Morgan fingerprint density at radius 3 is 2.60 bits per heavy atom. The zero-order valence-corrected chi connectivity index (χ0v) is 15.9. The predicted molar refractivity (Wildman–Crippen MR) is 97.5 cm³/mol. The van der Waals surface area contributed by atoms with Crippen molar-refractivity contribution in [2.75, 3.05) is 45.8 Å². The Morgan fingerprint density at radius 1 is 1.28 bits per heavy atom. The van der Waals surface area contributed by atoms with Gasteiger partial charge in [0.1, 0.15) is 5.75 Å². The van der Waals surface area contributed by atoms with Crippen molar-refractivity contribution in [2.24, 2.45) is 0 Å². The molecule has 0 spiro atoms. The smallest absolute Gasteiger partial charge is 0.317 e. The SMILES string of the molecule is COc1ccccc1CNC(=O)N(CCN(C)C)C1CCS(=O)(=O)C1. The van der Waals surface area contributed by atoms with Gasteiger partial charge in [-0.3, -0.25) is 0 Å². The van der Waals surface area contributed by atoms with E-state index in [1.165, 1.54) is 0 Å². The fourth-order valence-electron chi connectivity index (χ4n) is 2.90. The van der Waals surface area contributed by atoms with Crippen molar-refractivity contribution in [3.63, 3.8) is 0 Å². The van der Waals surface area contributed by atoms with E-state index in [1.54, 1.807) is 12.0 Å². The van der Waals surface area contributed by atoms with Crippen LogP contribution in [0.3, 0.4) is 0 Å². The Morgan fingerprint density at radius 2 is 2.00 bits per heavy atom. The van der Waals surface area contributed by atoms with Gasteiger partial charge in [-0.15, -0.1) is 0 Å². The van der Waals surface area contributed by atoms with Crippen molar-refractivity contribution in [3.05, 3.63) is 29.8 Å². The molecule has 8 heteroatoms. The first-order valence-electron chi connectivity index (χ1n) is 8.34. The lowest BCUT2D eigenvalue weighted by molar-refractivity contribution is 0.172. The summed E-state index contributed by atoms with van der Waals surface area (Å²) >= 11 is 0. The molecule has 1 aromatic rings. The maximum Gasteiger partial charge on any atom is 0.317 e. The summed E-state index contributed by atoms with van der Waals surface area (Å²) in [6.07, 6.45) is 0.498. The molecule has 1 atom stereocenters. The number of likely N-dealkylation sites (N-methyl/N-ethyl adjacent to an activating group) is 1. The molecule has 7 nitrogen and oxygen atoms in total. The Balaban J connectivity index is 2.04. The largest absolute Gasteiger partial charge is 0.496 e. The number of hydrogen-bond acceptors (Lipinski definition) is 5. The van der Waals surface area contributed by atoms with E-state index >= 15 is 0 Å². The lowest BCUT2D eigenvalue weighted by Crippen LogP contribution is -2.49. The highest BCUT2D eigenvalue weighted by Gasteiger charge is 2.34. The molecule has 0 saturated carbocycles. The summed E-state index contributed by atoms with van der Waals surface area (Å²) in [6.45, 7) is 1.50. The third-order valence-corrected chi connectivity index (χ3v) is 6.07. The van der Waals surface area contributed by atoms with Gasteiger partial charge in [0.25, 0.3) is 0 Å². The number of urea groups is 1. The maximum absolute atomic E-state index is 12.7. The maximum atomic E-state index is 12.7. The van der Waals surface area contributed by atoms with Crippen LogP contribution < -0.4 is 10.1 Å². The van der Waals surface area contributed by atoms with Crippen LogP contribution in [0.1, 0.15) is 12.0 Å². The Kier molecular flexibility index (Phi) is 6.66. The molecule has 140 valence electrons. The number of hydrogen-bond donors (Lipinski definition) is 1. The van der Waals surface area contributed by atoms with Crippen molar-refractivity contribution < 1.29 is 17.9 Å². The molecule has 1 saturated heterocycles. The fraction of sp³-hybridized carbons (Fsp3) is 0.588. The van der Waals surface area contributed by atoms with Crippen molar-refractivity contribution in [2.45, 2.75) is 19.0 Å². The highest BCUT2D eigenvalue weighted by atomic mass is 32.2. The fourth-order valence-corrected chi connectivity index (χ4v) is 4.63. The molecule has 1 aromatic carbocycles. The number of ether oxygens (including phenoxy) is 1. The highest BCUT2D eigenvalue weighted by Crippen LogP contribution is 2.19. The first kappa shape index (κ1) is 19.5. The first-order chi connectivity index (χ1) is 11.8. The van der Waals surface area contributed by atoms with Crippen LogP contribution in [0.15, 0.2) is 24.3 Å². The second kappa shape index (κ2) is 8.53. The van der Waals surface area contributed by atoms with Gasteiger partial charge in [0.2, 0.25) is 0 Å². The summed E-state index contributed by atoms with van der Waals surface area (Å²) in [5, 5.41) is 2.90. The van der Waals surface area contributed by atoms with Crippen molar-refractivity contribution >= 4 is 15.9 Å². The molecule has 1 aliphatic heterocycles. The number of methoxy groups -OCH3 is 1. The van der Waals surface area contributed by atoms with Gasteiger partial charge in [-0.05, 0) is 26.6 Å². The van der Waals surface area contributed by atoms with Crippen LogP contribution >= 0.6 is 0 Å². The molecule has 1 N–H and O–H groups in total. The van der Waals surface area contributed by atoms with Crippen molar-refractivity contribution in [1.29, 1.82) is 0 Å². The van der Waals surface area contributed by atoms with Gasteiger partial charge in [-0.1, -0.05) is 18.2 Å². The van der Waals surface area contributed by atoms with Crippen LogP contribution in [0.5, 0.6) is 5.75 Å². The van der Waals surface area contributed by atoms with E-state index in [2.05, 4.69) is 5.32 Å². The molecule has 0 bridgehead atoms. The van der Waals surface area contributed by atoms with Crippen LogP contribution in [-0.4, -0.2) is 76.1 Å². The number of rotatable bonds is 7. The minimum absolute atomic E-state index is 0.0442. The molecule has 2 amide bonds. The van der Waals surface area contributed by atoms with Gasteiger partial charge in [0.05, 0.1) is 18.6 Å². The van der Waals surface area contributed by atoms with Gasteiger partial charge in [0.15, 0.2) is 9.84 Å². The van der Waals surface area contributed by atoms with Crippen LogP contribution in [0.25, 0.3) is 0 Å². The molecule has 1 fully saturated rings. The van der Waals surface area contributed by atoms with Gasteiger partial charge in [-0.2, -0.15) is 0 Å². The van der Waals surface area contributed by atoms with Gasteiger partial charge >= 0.3 is 6.03 Å². The summed E-state index contributed by atoms with van der Waals surface area (Å²) in [6, 6.07) is 6.99. The van der Waals surface area contributed by atoms with Crippen LogP contribution in [0.4, 0.5) is 4.79 Å². The summed E-state index contributed by atoms with van der Waals surface area (Å²) in [7, 11) is 2.40. The van der Waals surface area contributed by atoms with E-state index in [-0.39, 0.29) is 23.6 Å². The van der Waals surface area contributed by atoms with Crippen molar-refractivity contribution in [3.8, 4) is 5.75 Å². The van der Waals surface area contributed by atoms with Crippen LogP contribution in [0.2, 0.25) is 0 Å². The summed E-state index contributed by atoms with van der Waals surface area (Å²) < 4.78 is 28.9. The van der Waals surface area contributed by atoms with Gasteiger partial charge in [-0.25, -0.2) is 13.2 Å². The summed E-state index contributed by atoms with van der Waals surface area (Å²) in [4.78, 5) is 16.3. The number of carbonyl (C=O) groups is 1. The van der Waals surface area contributed by atoms with E-state index < -0.39 is 9.84 Å². The molecule has 0 radical (unpaired) electrons. The summed E-state index contributed by atoms with van der Waals surface area (Å²) in [5.41, 5.74) is 0.880. The molecule has 1 heterocycles. The lowest BCUT2D eigenvalue weighted by atomic mass is 10.2. The monoisotopic (exact) mass is 369 g/mol. The zero-order valence-electron chi connectivity index (χ0n) is 15.1. The molecule has 2 rings (SSSR count). The quantitative estimate of drug-likeness (QED) is 0.774. The standard InChI is InChI=1S/C17H27N3O4S/c1-19(2)9-10-20(15-8-11-25(22,23)13-15)17(21)18-12-14-6-4-5-7-16(14)24-3/h4-7,15H,8-13H2,1-3H3,(H,18,21). The highest BCUT2D eigenvalue weighted by molar-refractivity contribution is 7.91. The average molecular weight is 369 g/mol. The number of carbonyl (C=O) groups excluding carboxylic acids is 1. The second-order valence-electron chi connectivity index (χ2n) is 6.52. The van der Waals surface area contributed by atoms with Crippen LogP contribution in [-0.2, 0) is 16.4 Å². The number of sulfone groups is 1. The third kappa shape index (κ3) is 5.61. The second-order valence-corrected chi connectivity index (χ2v) is 8.75. The number of benzene rings is 1. The summed E-state index contributed by atoms with van der Waals surface area (Å²) in [5.74, 6) is 0.907. The molecule has 0 aliphatic carbocycles. The van der Waals surface area contributed by atoms with Gasteiger partial charge in [0, 0.05) is 31.2 Å². The number of nitrogens with zero attached hydrogens (tertiary/aromatic N) is 2. The molecule has 1 unspecified atom stereocenters. The Hall–Kier alpha value is -1.80. The van der Waals surface area contributed by atoms with Crippen LogP contribution in [0, 0.1) is 0 Å². The molecular formula is C17H27N3O4S. The molecular weight excluding hydrogens is 342 g/mol. The first-order valence-corrected chi connectivity index (χ1v) is 10.2. The third-order valence-electron chi connectivity index (χ3n) is 4.32. The number of nitrogens with one attached hydrogen (secondary N) is 1. The topological polar surface area (TPSA) is 79.0 Å². The Labute approximate surface area is 149 Å². The van der Waals surface area contributed by atoms with E-state index in [4.69, 9.17) is 4.74 Å². The van der Waals surface area contributed by atoms with E-state index in [1.807, 2.05) is 43.3 Å². The molecule has 0 aromatic heterocycles. The molecule has 25 heavy (non-hydrogen) atoms. The zero-order chi connectivity index (χ0) is 18.4. The van der Waals surface area contributed by atoms with E-state index in [0.29, 0.717) is 31.8 Å². The number of amides is 2. The predicted octanol–water partition coefficient (Wildman–Crippen LogP) is 0.956. The molecule has 1 aliphatic rings.